The van der Waals surface area contributed by atoms with Gasteiger partial charge < -0.3 is 50.2 Å². The van der Waals surface area contributed by atoms with Gasteiger partial charge in [0.2, 0.25) is 17.7 Å². The van der Waals surface area contributed by atoms with E-state index in [4.69, 9.17) is 24.1 Å². The number of hydrogen-bond acceptors (Lipinski definition) is 11. The molecule has 0 aromatic rings. The topological polar surface area (TPSA) is 253 Å². The molecular weight excluding hydrogens is 638 g/mol. The summed E-state index contributed by atoms with van der Waals surface area (Å²) in [5.41, 5.74) is 0. The average molecular weight is 692 g/mol. The van der Waals surface area contributed by atoms with Gasteiger partial charge in [-0.05, 0) is 39.0 Å². The summed E-state index contributed by atoms with van der Waals surface area (Å²) in [6, 6.07) is -1.37. The zero-order chi connectivity index (χ0) is 36.2. The highest BCUT2D eigenvalue weighted by Crippen LogP contribution is 2.14. The lowest BCUT2D eigenvalue weighted by Gasteiger charge is -2.16. The number of ether oxygens (including phenoxy) is 4. The van der Waals surface area contributed by atoms with Crippen LogP contribution in [-0.2, 0) is 52.5 Å². The standard InChI is InChI=1S/C31H53N3O14/c1-3-22(29(39)40)7-5-6-12-32-26(36)11-9-25(31(43)44)34-27(37)10-8-23(30(41)42)19-24(35)20-47-18-16-46-14-13-33-28(38)21-48-17-15-45-4-2/h22-23,25H,3-21H2,1-2H3,(H,32,36)(H,33,38)(H,34,37)(H,39,40)(H,41,42)(H,43,44)/t22-,23+,25-/m0/s1. The Balaban J connectivity index is 4.22. The summed E-state index contributed by atoms with van der Waals surface area (Å²) in [5.74, 6) is -7.07. The third kappa shape index (κ3) is 24.5. The largest absolute Gasteiger partial charge is 0.481 e. The molecule has 0 aliphatic heterocycles. The molecule has 0 saturated heterocycles. The molecule has 0 saturated carbocycles. The summed E-state index contributed by atoms with van der Waals surface area (Å²) >= 11 is 0. The normalized spacial score (nSPS) is 12.8. The molecule has 0 aromatic heterocycles. The Hall–Kier alpha value is -3.67. The van der Waals surface area contributed by atoms with E-state index in [-0.39, 0.29) is 77.6 Å². The molecule has 17 heteroatoms. The van der Waals surface area contributed by atoms with Crippen molar-refractivity contribution in [2.75, 3.05) is 65.9 Å². The summed E-state index contributed by atoms with van der Waals surface area (Å²) in [6.45, 7) is 5.45. The molecule has 48 heavy (non-hydrogen) atoms. The van der Waals surface area contributed by atoms with Crippen LogP contribution in [0.5, 0.6) is 0 Å². The van der Waals surface area contributed by atoms with Gasteiger partial charge in [-0.3, -0.25) is 28.8 Å². The van der Waals surface area contributed by atoms with Gasteiger partial charge in [-0.15, -0.1) is 0 Å². The van der Waals surface area contributed by atoms with Crippen LogP contribution in [0.1, 0.15) is 71.6 Å². The number of nitrogens with one attached hydrogen (secondary N) is 3. The highest BCUT2D eigenvalue weighted by molar-refractivity contribution is 5.86. The van der Waals surface area contributed by atoms with Crippen LogP contribution in [0.3, 0.4) is 0 Å². The Bertz CT molecular complexity index is 994. The van der Waals surface area contributed by atoms with Gasteiger partial charge in [-0.25, -0.2) is 4.79 Å². The van der Waals surface area contributed by atoms with Crippen molar-refractivity contribution >= 4 is 41.4 Å². The smallest absolute Gasteiger partial charge is 0.326 e. The minimum Gasteiger partial charge on any atom is -0.481 e. The maximum atomic E-state index is 12.4. The molecule has 6 N–H and O–H groups in total. The Labute approximate surface area is 280 Å². The minimum atomic E-state index is -1.37. The van der Waals surface area contributed by atoms with Crippen LogP contribution < -0.4 is 16.0 Å². The zero-order valence-electron chi connectivity index (χ0n) is 28.0. The fourth-order valence-electron chi connectivity index (χ4n) is 4.23. The van der Waals surface area contributed by atoms with Crippen molar-refractivity contribution in [3.63, 3.8) is 0 Å². The number of carbonyl (C=O) groups is 7. The first-order valence-corrected chi connectivity index (χ1v) is 16.2. The van der Waals surface area contributed by atoms with E-state index in [9.17, 15) is 43.8 Å². The number of Topliss-reactive ketones (excluding diaryl/α,β-unsaturated/α-hetero) is 1. The maximum absolute atomic E-state index is 12.4. The van der Waals surface area contributed by atoms with Gasteiger partial charge >= 0.3 is 17.9 Å². The molecule has 276 valence electrons. The Morgan fingerprint density at radius 3 is 1.81 bits per heavy atom. The summed E-state index contributed by atoms with van der Waals surface area (Å²) in [5, 5.41) is 35.5. The summed E-state index contributed by atoms with van der Waals surface area (Å²) in [6.07, 6.45) is 0.872. The summed E-state index contributed by atoms with van der Waals surface area (Å²) < 4.78 is 20.7. The zero-order valence-corrected chi connectivity index (χ0v) is 28.0. The first-order chi connectivity index (χ1) is 22.9. The lowest BCUT2D eigenvalue weighted by Crippen LogP contribution is -2.42. The number of hydrogen-bond donors (Lipinski definition) is 6. The third-order valence-corrected chi connectivity index (χ3v) is 6.99. The molecule has 0 aliphatic rings. The van der Waals surface area contributed by atoms with Crippen LogP contribution in [-0.4, -0.2) is 129 Å². The lowest BCUT2D eigenvalue weighted by molar-refractivity contribution is -0.145. The molecular formula is C31H53N3O14. The molecule has 0 rings (SSSR count). The van der Waals surface area contributed by atoms with Crippen LogP contribution in [0.15, 0.2) is 0 Å². The molecule has 0 spiro atoms. The van der Waals surface area contributed by atoms with Crippen molar-refractivity contribution in [2.24, 2.45) is 11.8 Å². The Morgan fingerprint density at radius 2 is 1.19 bits per heavy atom. The molecule has 0 aromatic carbocycles. The van der Waals surface area contributed by atoms with E-state index in [1.807, 2.05) is 6.92 Å². The van der Waals surface area contributed by atoms with Gasteiger partial charge in [0.15, 0.2) is 5.78 Å². The van der Waals surface area contributed by atoms with Crippen molar-refractivity contribution < 1.29 is 67.8 Å². The van der Waals surface area contributed by atoms with Gasteiger partial charge in [0.1, 0.15) is 19.3 Å². The van der Waals surface area contributed by atoms with Crippen molar-refractivity contribution in [3.8, 4) is 0 Å². The van der Waals surface area contributed by atoms with Crippen LogP contribution in [0, 0.1) is 11.8 Å². The monoisotopic (exact) mass is 691 g/mol. The summed E-state index contributed by atoms with van der Waals surface area (Å²) in [7, 11) is 0. The van der Waals surface area contributed by atoms with E-state index in [2.05, 4.69) is 16.0 Å². The molecule has 3 atom stereocenters. The number of unbranched alkanes of at least 4 members (excludes halogenated alkanes) is 1. The second-order valence-electron chi connectivity index (χ2n) is 10.9. The molecule has 0 radical (unpaired) electrons. The maximum Gasteiger partial charge on any atom is 0.326 e. The fourth-order valence-corrected chi connectivity index (χ4v) is 4.23. The number of carboxylic acid groups (broad SMARTS) is 3. The van der Waals surface area contributed by atoms with Gasteiger partial charge in [0.25, 0.3) is 0 Å². The van der Waals surface area contributed by atoms with E-state index in [1.54, 1.807) is 6.92 Å². The van der Waals surface area contributed by atoms with Crippen molar-refractivity contribution in [2.45, 2.75) is 77.7 Å². The molecule has 0 unspecified atom stereocenters. The van der Waals surface area contributed by atoms with Crippen molar-refractivity contribution in [1.29, 1.82) is 0 Å². The van der Waals surface area contributed by atoms with E-state index in [1.165, 1.54) is 0 Å². The SMILES string of the molecule is CCOCCOCC(=O)NCCOCCOCC(=O)C[C@@H](CCC(=O)N[C@@H](CCC(=O)NCCCC[C@H](CC)C(=O)O)C(=O)O)C(=O)O. The van der Waals surface area contributed by atoms with E-state index in [0.717, 1.165) is 0 Å². The van der Waals surface area contributed by atoms with Crippen LogP contribution in [0.4, 0.5) is 0 Å². The third-order valence-electron chi connectivity index (χ3n) is 6.99. The predicted molar refractivity (Wildman–Crippen MR) is 169 cm³/mol. The van der Waals surface area contributed by atoms with Gasteiger partial charge in [0.05, 0.1) is 44.9 Å². The molecule has 3 amide bonds. The van der Waals surface area contributed by atoms with E-state index < -0.39 is 53.4 Å². The molecule has 0 aliphatic carbocycles. The fraction of sp³-hybridized carbons (Fsp3) is 0.774. The van der Waals surface area contributed by atoms with Crippen LogP contribution in [0.2, 0.25) is 0 Å². The number of aliphatic carboxylic acids is 3. The van der Waals surface area contributed by atoms with Gasteiger partial charge in [-0.1, -0.05) is 13.3 Å². The van der Waals surface area contributed by atoms with Crippen molar-refractivity contribution in [1.82, 2.24) is 16.0 Å². The Morgan fingerprint density at radius 1 is 0.583 bits per heavy atom. The van der Waals surface area contributed by atoms with Gasteiger partial charge in [0, 0.05) is 39.0 Å². The number of amides is 3. The second-order valence-corrected chi connectivity index (χ2v) is 10.9. The van der Waals surface area contributed by atoms with Crippen LogP contribution in [0.25, 0.3) is 0 Å². The lowest BCUT2D eigenvalue weighted by atomic mass is 9.97. The van der Waals surface area contributed by atoms with E-state index in [0.29, 0.717) is 52.0 Å². The average Bonchev–Trinajstić information content (AvgIpc) is 3.03. The van der Waals surface area contributed by atoms with Gasteiger partial charge in [-0.2, -0.15) is 0 Å². The highest BCUT2D eigenvalue weighted by atomic mass is 16.5. The first-order valence-electron chi connectivity index (χ1n) is 16.2. The van der Waals surface area contributed by atoms with Crippen molar-refractivity contribution in [3.05, 3.63) is 0 Å². The van der Waals surface area contributed by atoms with E-state index >= 15 is 0 Å². The second kappa shape index (κ2) is 28.4. The Kier molecular flexibility index (Phi) is 26.2. The number of carboxylic acids is 3. The number of carbonyl (C=O) groups excluding carboxylic acids is 4. The number of ketones is 1. The minimum absolute atomic E-state index is 0.0567. The molecule has 0 heterocycles. The molecule has 17 nitrogen and oxygen atoms in total. The first kappa shape index (κ1) is 44.3. The molecule has 0 fully saturated rings. The van der Waals surface area contributed by atoms with Crippen LogP contribution >= 0.6 is 0 Å². The summed E-state index contributed by atoms with van der Waals surface area (Å²) in [4.78, 5) is 82.5. The predicted octanol–water partition coefficient (Wildman–Crippen LogP) is 0.376. The highest BCUT2D eigenvalue weighted by Gasteiger charge is 2.25. The molecule has 0 bridgehead atoms. The quantitative estimate of drug-likeness (QED) is 0.0522. The number of rotatable bonds is 32.